The molecule has 140 valence electrons. The van der Waals surface area contributed by atoms with Crippen molar-refractivity contribution >= 4 is 17.3 Å². The molecule has 0 radical (unpaired) electrons. The predicted molar refractivity (Wildman–Crippen MR) is 103 cm³/mol. The zero-order chi connectivity index (χ0) is 19.2. The minimum absolute atomic E-state index is 0.0495. The Morgan fingerprint density at radius 3 is 2.22 bits per heavy atom. The van der Waals surface area contributed by atoms with Gasteiger partial charge in [-0.05, 0) is 36.4 Å². The monoisotopic (exact) mass is 385 g/mol. The van der Waals surface area contributed by atoms with Gasteiger partial charge in [0.25, 0.3) is 0 Å². The van der Waals surface area contributed by atoms with Gasteiger partial charge >= 0.3 is 5.97 Å². The highest BCUT2D eigenvalue weighted by Gasteiger charge is 2.17. The molecule has 0 N–H and O–H groups in total. The van der Waals surface area contributed by atoms with Crippen LogP contribution in [0.15, 0.2) is 47.8 Å². The highest BCUT2D eigenvalue weighted by atomic mass is 32.1. The van der Waals surface area contributed by atoms with Crippen molar-refractivity contribution in [2.24, 2.45) is 0 Å². The Kier molecular flexibility index (Phi) is 5.93. The molecule has 27 heavy (non-hydrogen) atoms. The molecule has 0 bridgehead atoms. The number of benzene rings is 2. The Morgan fingerprint density at radius 1 is 0.963 bits per heavy atom. The molecule has 2 aromatic carbocycles. The van der Waals surface area contributed by atoms with Crippen LogP contribution in [0.2, 0.25) is 0 Å². The molecule has 6 nitrogen and oxygen atoms in total. The number of esters is 1. The topological polar surface area (TPSA) is 66.9 Å². The van der Waals surface area contributed by atoms with Crippen molar-refractivity contribution in [1.82, 2.24) is 4.98 Å². The van der Waals surface area contributed by atoms with E-state index in [-0.39, 0.29) is 12.2 Å². The third kappa shape index (κ3) is 4.38. The molecule has 1 aromatic heterocycles. The van der Waals surface area contributed by atoms with Gasteiger partial charge in [-0.15, -0.1) is 11.3 Å². The number of nitrogens with zero attached hydrogens (tertiary/aromatic N) is 1. The van der Waals surface area contributed by atoms with Gasteiger partial charge in [0, 0.05) is 10.9 Å². The molecule has 0 aliphatic carbocycles. The average molecular weight is 385 g/mol. The molecule has 0 saturated carbocycles. The van der Waals surface area contributed by atoms with Crippen LogP contribution in [-0.2, 0) is 11.2 Å². The van der Waals surface area contributed by atoms with Gasteiger partial charge in [0.15, 0.2) is 11.5 Å². The van der Waals surface area contributed by atoms with E-state index >= 15 is 0 Å². The van der Waals surface area contributed by atoms with Crippen molar-refractivity contribution in [2.75, 3.05) is 21.3 Å². The number of aromatic nitrogens is 1. The van der Waals surface area contributed by atoms with E-state index in [9.17, 15) is 4.79 Å². The summed E-state index contributed by atoms with van der Waals surface area (Å²) in [5.41, 5.74) is 1.61. The first-order valence-corrected chi connectivity index (χ1v) is 9.03. The van der Waals surface area contributed by atoms with Crippen LogP contribution in [-0.4, -0.2) is 32.3 Å². The molecular formula is C20H19NO5S. The molecule has 7 heteroatoms. The second kappa shape index (κ2) is 8.55. The fourth-order valence-electron chi connectivity index (χ4n) is 2.47. The van der Waals surface area contributed by atoms with Crippen molar-refractivity contribution in [3.05, 3.63) is 53.5 Å². The minimum atomic E-state index is -0.440. The lowest BCUT2D eigenvalue weighted by Crippen LogP contribution is -2.12. The summed E-state index contributed by atoms with van der Waals surface area (Å²) in [6, 6.07) is 12.8. The van der Waals surface area contributed by atoms with E-state index in [1.165, 1.54) is 25.6 Å². The number of rotatable bonds is 7. The van der Waals surface area contributed by atoms with Crippen molar-refractivity contribution in [2.45, 2.75) is 6.42 Å². The zero-order valence-electron chi connectivity index (χ0n) is 15.2. The third-order valence-electron chi connectivity index (χ3n) is 3.81. The van der Waals surface area contributed by atoms with Crippen molar-refractivity contribution < 1.29 is 23.7 Å². The molecule has 3 aromatic rings. The second-order valence-electron chi connectivity index (χ2n) is 5.52. The Hall–Kier alpha value is -3.06. The molecule has 0 atom stereocenters. The number of hydrogen-bond donors (Lipinski definition) is 0. The van der Waals surface area contributed by atoms with Gasteiger partial charge in [-0.3, -0.25) is 4.79 Å². The van der Waals surface area contributed by atoms with Gasteiger partial charge in [-0.1, -0.05) is 6.07 Å². The lowest BCUT2D eigenvalue weighted by molar-refractivity contribution is -0.133. The van der Waals surface area contributed by atoms with Crippen LogP contribution in [0.25, 0.3) is 10.6 Å². The van der Waals surface area contributed by atoms with Gasteiger partial charge in [0.1, 0.15) is 10.8 Å². The molecule has 0 fully saturated rings. The van der Waals surface area contributed by atoms with E-state index < -0.39 is 5.97 Å². The van der Waals surface area contributed by atoms with E-state index in [0.717, 1.165) is 16.3 Å². The predicted octanol–water partition coefficient (Wildman–Crippen LogP) is 3.98. The molecule has 0 unspecified atom stereocenters. The quantitative estimate of drug-likeness (QED) is 0.453. The summed E-state index contributed by atoms with van der Waals surface area (Å²) in [7, 11) is 4.64. The minimum Gasteiger partial charge on any atom is -0.497 e. The van der Waals surface area contributed by atoms with Crippen LogP contribution in [0, 0.1) is 0 Å². The maximum Gasteiger partial charge on any atom is 0.317 e. The van der Waals surface area contributed by atoms with Gasteiger partial charge in [0.05, 0.1) is 33.4 Å². The second-order valence-corrected chi connectivity index (χ2v) is 6.37. The van der Waals surface area contributed by atoms with Crippen LogP contribution in [0.5, 0.6) is 23.0 Å². The lowest BCUT2D eigenvalue weighted by atomic mass is 10.2. The molecule has 0 aliphatic heterocycles. The number of carbonyl (C=O) groups is 1. The molecule has 0 amide bonds. The largest absolute Gasteiger partial charge is 0.497 e. The van der Waals surface area contributed by atoms with E-state index in [1.807, 2.05) is 29.6 Å². The molecule has 0 saturated heterocycles. The van der Waals surface area contributed by atoms with Crippen molar-refractivity contribution in [1.29, 1.82) is 0 Å². The summed E-state index contributed by atoms with van der Waals surface area (Å²) < 4.78 is 21.1. The van der Waals surface area contributed by atoms with E-state index in [2.05, 4.69) is 4.98 Å². The van der Waals surface area contributed by atoms with E-state index in [1.54, 1.807) is 25.3 Å². The molecule has 3 rings (SSSR count). The van der Waals surface area contributed by atoms with Gasteiger partial charge in [-0.25, -0.2) is 4.98 Å². The van der Waals surface area contributed by atoms with E-state index in [4.69, 9.17) is 18.9 Å². The first kappa shape index (κ1) is 18.7. The summed E-state index contributed by atoms with van der Waals surface area (Å²) in [5, 5.41) is 2.68. The van der Waals surface area contributed by atoms with Crippen molar-refractivity contribution in [3.63, 3.8) is 0 Å². The van der Waals surface area contributed by atoms with Crippen LogP contribution >= 0.6 is 11.3 Å². The van der Waals surface area contributed by atoms with Crippen LogP contribution in [0.3, 0.4) is 0 Å². The lowest BCUT2D eigenvalue weighted by Gasteiger charge is -2.12. The average Bonchev–Trinajstić information content (AvgIpc) is 3.16. The van der Waals surface area contributed by atoms with E-state index in [0.29, 0.717) is 17.2 Å². The Bertz CT molecular complexity index is 898. The summed E-state index contributed by atoms with van der Waals surface area (Å²) in [5.74, 6) is 1.46. The number of carbonyl (C=O) groups excluding carboxylic acids is 1. The van der Waals surface area contributed by atoms with Crippen LogP contribution < -0.4 is 18.9 Å². The number of ether oxygens (including phenoxy) is 4. The zero-order valence-corrected chi connectivity index (χ0v) is 16.0. The fraction of sp³-hybridized carbons (Fsp3) is 0.200. The summed E-state index contributed by atoms with van der Waals surface area (Å²) in [6.07, 6.45) is 0.0495. The Balaban J connectivity index is 1.71. The van der Waals surface area contributed by atoms with Gasteiger partial charge in [0.2, 0.25) is 5.75 Å². The van der Waals surface area contributed by atoms with Crippen LogP contribution in [0.4, 0.5) is 0 Å². The summed E-state index contributed by atoms with van der Waals surface area (Å²) in [6.45, 7) is 0. The Labute approximate surface area is 161 Å². The third-order valence-corrected chi connectivity index (χ3v) is 4.75. The number of methoxy groups -OCH3 is 3. The van der Waals surface area contributed by atoms with Crippen molar-refractivity contribution in [3.8, 4) is 33.6 Å². The van der Waals surface area contributed by atoms with Crippen LogP contribution in [0.1, 0.15) is 5.69 Å². The maximum atomic E-state index is 12.4. The number of para-hydroxylation sites is 1. The molecule has 1 heterocycles. The highest BCUT2D eigenvalue weighted by molar-refractivity contribution is 7.13. The maximum absolute atomic E-state index is 12.4. The molecular weight excluding hydrogens is 366 g/mol. The molecule has 0 spiro atoms. The van der Waals surface area contributed by atoms with Gasteiger partial charge < -0.3 is 18.9 Å². The van der Waals surface area contributed by atoms with Gasteiger partial charge in [-0.2, -0.15) is 0 Å². The standard InChI is InChI=1S/C20H19NO5S/c1-23-15-9-7-13(8-10-15)20-21-14(12-27-20)11-18(22)26-19-16(24-2)5-4-6-17(19)25-3/h4-10,12H,11H2,1-3H3. The Morgan fingerprint density at radius 2 is 1.63 bits per heavy atom. The summed E-state index contributed by atoms with van der Waals surface area (Å²) in [4.78, 5) is 16.9. The summed E-state index contributed by atoms with van der Waals surface area (Å²) >= 11 is 1.47. The first-order valence-electron chi connectivity index (χ1n) is 8.15. The molecule has 0 aliphatic rings. The number of thiazole rings is 1. The highest BCUT2D eigenvalue weighted by Crippen LogP contribution is 2.37. The SMILES string of the molecule is COc1ccc(-c2nc(CC(=O)Oc3c(OC)cccc3OC)cs2)cc1. The normalized spacial score (nSPS) is 10.3. The first-order chi connectivity index (χ1) is 13.1. The number of hydrogen-bond acceptors (Lipinski definition) is 7. The fourth-order valence-corrected chi connectivity index (χ4v) is 3.30. The smallest absolute Gasteiger partial charge is 0.317 e.